The van der Waals surface area contributed by atoms with E-state index in [2.05, 4.69) is 56.6 Å². The Labute approximate surface area is 184 Å². The highest BCUT2D eigenvalue weighted by Crippen LogP contribution is 2.26. The zero-order valence-corrected chi connectivity index (χ0v) is 17.9. The molecule has 0 aliphatic rings. The number of hydrogen-bond acceptors (Lipinski definition) is 8. The summed E-state index contributed by atoms with van der Waals surface area (Å²) < 4.78 is 5.98. The molecular weight excluding hydrogens is 408 g/mol. The van der Waals surface area contributed by atoms with Gasteiger partial charge in [-0.1, -0.05) is 80.6 Å². The molecule has 2 aromatic heterocycles. The summed E-state index contributed by atoms with van der Waals surface area (Å²) in [6.45, 7) is 6.45. The smallest absolute Gasteiger partial charge is 0.294 e. The van der Waals surface area contributed by atoms with Gasteiger partial charge in [0.05, 0.1) is 6.21 Å². The zero-order chi connectivity index (χ0) is 22.7. The molecule has 1 amide bonds. The Kier molecular flexibility index (Phi) is 5.50. The van der Waals surface area contributed by atoms with Crippen molar-refractivity contribution in [3.63, 3.8) is 0 Å². The lowest BCUT2D eigenvalue weighted by Crippen LogP contribution is -2.19. The minimum atomic E-state index is -0.535. The number of rotatable bonds is 5. The van der Waals surface area contributed by atoms with Crippen molar-refractivity contribution in [3.05, 3.63) is 71.4 Å². The van der Waals surface area contributed by atoms with Crippen LogP contribution in [0.25, 0.3) is 17.1 Å². The summed E-state index contributed by atoms with van der Waals surface area (Å²) in [4.78, 5) is 12.9. The maximum absolute atomic E-state index is 12.9. The average molecular weight is 430 g/mol. The highest BCUT2D eigenvalue weighted by molar-refractivity contribution is 5.98. The molecule has 0 saturated heterocycles. The fourth-order valence-electron chi connectivity index (χ4n) is 3.06. The third-order valence-corrected chi connectivity index (χ3v) is 4.79. The van der Waals surface area contributed by atoms with E-state index in [1.807, 2.05) is 54.6 Å². The van der Waals surface area contributed by atoms with Crippen molar-refractivity contribution in [1.29, 1.82) is 0 Å². The monoisotopic (exact) mass is 430 g/mol. The van der Waals surface area contributed by atoms with Crippen LogP contribution in [0.1, 0.15) is 42.4 Å². The fraction of sp³-hybridized carbons (Fsp3) is 0.182. The van der Waals surface area contributed by atoms with E-state index in [4.69, 9.17) is 5.73 Å². The van der Waals surface area contributed by atoms with E-state index in [9.17, 15) is 4.79 Å². The molecule has 0 atom stereocenters. The van der Waals surface area contributed by atoms with Crippen LogP contribution < -0.4 is 11.2 Å². The normalized spacial score (nSPS) is 11.7. The Balaban J connectivity index is 1.60. The second-order valence-corrected chi connectivity index (χ2v) is 8.11. The Bertz CT molecular complexity index is 1250. The maximum Gasteiger partial charge on any atom is 0.294 e. The number of carbonyl (C=O) groups excluding carboxylic acids is 1. The van der Waals surface area contributed by atoms with E-state index in [-0.39, 0.29) is 22.7 Å². The summed E-state index contributed by atoms with van der Waals surface area (Å²) in [6, 6.07) is 17.1. The van der Waals surface area contributed by atoms with Crippen LogP contribution in [-0.2, 0) is 5.41 Å². The van der Waals surface area contributed by atoms with E-state index < -0.39 is 5.91 Å². The van der Waals surface area contributed by atoms with Gasteiger partial charge < -0.3 is 5.73 Å². The molecular formula is C22H22N8O2. The van der Waals surface area contributed by atoms with Gasteiger partial charge in [-0.15, -0.1) is 5.10 Å². The molecule has 0 aliphatic carbocycles. The van der Waals surface area contributed by atoms with Crippen LogP contribution in [-0.4, -0.2) is 37.4 Å². The highest BCUT2D eigenvalue weighted by atomic mass is 16.6. The number of carbonyl (C=O) groups is 1. The molecule has 0 spiro atoms. The van der Waals surface area contributed by atoms with E-state index in [0.717, 1.165) is 5.56 Å². The van der Waals surface area contributed by atoms with Gasteiger partial charge in [-0.3, -0.25) is 4.79 Å². The van der Waals surface area contributed by atoms with Gasteiger partial charge in [0.25, 0.3) is 5.91 Å². The van der Waals surface area contributed by atoms with Gasteiger partial charge in [-0.2, -0.15) is 9.78 Å². The molecule has 10 nitrogen and oxygen atoms in total. The maximum atomic E-state index is 12.9. The van der Waals surface area contributed by atoms with Crippen LogP contribution in [0.15, 0.2) is 64.3 Å². The summed E-state index contributed by atoms with van der Waals surface area (Å²) in [5, 5.41) is 19.4. The summed E-state index contributed by atoms with van der Waals surface area (Å²) in [5.41, 5.74) is 11.6. The molecule has 162 valence electrons. The van der Waals surface area contributed by atoms with E-state index in [0.29, 0.717) is 11.3 Å². The van der Waals surface area contributed by atoms with Crippen LogP contribution in [0.5, 0.6) is 0 Å². The van der Waals surface area contributed by atoms with E-state index in [1.165, 1.54) is 10.2 Å². The molecule has 32 heavy (non-hydrogen) atoms. The SMILES string of the molecule is CC(C)(C)c1ccc(C=NNC(=O)c2nnn(-c3nonc3N)c2-c2ccccc2)cc1. The lowest BCUT2D eigenvalue weighted by molar-refractivity contribution is 0.0950. The lowest BCUT2D eigenvalue weighted by Gasteiger charge is -2.18. The van der Waals surface area contributed by atoms with Crippen molar-refractivity contribution in [1.82, 2.24) is 30.7 Å². The molecule has 2 aromatic carbocycles. The molecule has 0 bridgehead atoms. The standard InChI is InChI=1S/C22H22N8O2/c1-22(2,3)16-11-9-14(10-12-16)13-24-26-21(31)17-18(15-7-5-4-6-8-15)30(29-25-17)20-19(23)27-32-28-20/h4-13H,1-3H3,(H2,23,27)(H,26,31). The molecule has 4 rings (SSSR count). The van der Waals surface area contributed by atoms with Gasteiger partial charge in [0.2, 0.25) is 11.6 Å². The topological polar surface area (TPSA) is 137 Å². The number of anilines is 1. The Morgan fingerprint density at radius 1 is 1.09 bits per heavy atom. The fourth-order valence-corrected chi connectivity index (χ4v) is 3.06. The summed E-state index contributed by atoms with van der Waals surface area (Å²) >= 11 is 0. The Morgan fingerprint density at radius 3 is 2.44 bits per heavy atom. The van der Waals surface area contributed by atoms with Crippen LogP contribution in [0.2, 0.25) is 0 Å². The van der Waals surface area contributed by atoms with Crippen molar-refractivity contribution in [2.24, 2.45) is 5.10 Å². The molecule has 2 heterocycles. The molecule has 0 saturated carbocycles. The molecule has 0 aliphatic heterocycles. The second kappa shape index (κ2) is 8.42. The van der Waals surface area contributed by atoms with Crippen molar-refractivity contribution in [3.8, 4) is 17.1 Å². The largest absolute Gasteiger partial charge is 0.378 e. The number of aromatic nitrogens is 5. The molecule has 4 aromatic rings. The number of hydrogen-bond donors (Lipinski definition) is 2. The predicted octanol–water partition coefficient (Wildman–Crippen LogP) is 2.96. The van der Waals surface area contributed by atoms with Crippen LogP contribution in [0, 0.1) is 0 Å². The van der Waals surface area contributed by atoms with E-state index >= 15 is 0 Å². The van der Waals surface area contributed by atoms with Gasteiger partial charge >= 0.3 is 0 Å². The lowest BCUT2D eigenvalue weighted by atomic mass is 9.87. The predicted molar refractivity (Wildman–Crippen MR) is 119 cm³/mol. The van der Waals surface area contributed by atoms with Gasteiger partial charge in [0, 0.05) is 5.56 Å². The number of nitrogens with one attached hydrogen (secondary N) is 1. The zero-order valence-electron chi connectivity index (χ0n) is 17.9. The summed E-state index contributed by atoms with van der Waals surface area (Å²) in [7, 11) is 0. The molecule has 10 heteroatoms. The molecule has 3 N–H and O–H groups in total. The van der Waals surface area contributed by atoms with Gasteiger partial charge in [0.1, 0.15) is 5.69 Å². The Hall–Kier alpha value is -4.34. The van der Waals surface area contributed by atoms with Crippen LogP contribution in [0.3, 0.4) is 0 Å². The van der Waals surface area contributed by atoms with Gasteiger partial charge in [-0.25, -0.2) is 10.1 Å². The number of hydrazone groups is 1. The Morgan fingerprint density at radius 2 is 1.81 bits per heavy atom. The minimum absolute atomic E-state index is 0.0239. The number of nitrogens with two attached hydrogens (primary N) is 1. The first-order valence-electron chi connectivity index (χ1n) is 9.88. The quantitative estimate of drug-likeness (QED) is 0.367. The van der Waals surface area contributed by atoms with Gasteiger partial charge in [0.15, 0.2) is 5.69 Å². The van der Waals surface area contributed by atoms with Crippen molar-refractivity contribution >= 4 is 17.9 Å². The van der Waals surface area contributed by atoms with Crippen LogP contribution >= 0.6 is 0 Å². The average Bonchev–Trinajstić information content (AvgIpc) is 3.40. The second-order valence-electron chi connectivity index (χ2n) is 8.11. The van der Waals surface area contributed by atoms with Gasteiger partial charge in [-0.05, 0) is 26.9 Å². The first-order valence-corrected chi connectivity index (χ1v) is 9.88. The number of benzene rings is 2. The summed E-state index contributed by atoms with van der Waals surface area (Å²) in [6.07, 6.45) is 1.57. The minimum Gasteiger partial charge on any atom is -0.378 e. The summed E-state index contributed by atoms with van der Waals surface area (Å²) in [5.74, 6) is -0.374. The van der Waals surface area contributed by atoms with Crippen LogP contribution in [0.4, 0.5) is 5.82 Å². The van der Waals surface area contributed by atoms with Crippen molar-refractivity contribution in [2.45, 2.75) is 26.2 Å². The first kappa shape index (κ1) is 20.9. The van der Waals surface area contributed by atoms with Crippen molar-refractivity contribution < 1.29 is 9.42 Å². The highest BCUT2D eigenvalue weighted by Gasteiger charge is 2.25. The third-order valence-electron chi connectivity index (χ3n) is 4.79. The third kappa shape index (κ3) is 4.24. The van der Waals surface area contributed by atoms with Crippen molar-refractivity contribution in [2.75, 3.05) is 5.73 Å². The van der Waals surface area contributed by atoms with E-state index in [1.54, 1.807) is 6.21 Å². The number of nitrogen functional groups attached to an aromatic ring is 1. The molecule has 0 fully saturated rings. The molecule has 0 radical (unpaired) electrons. The number of nitrogens with zero attached hydrogens (tertiary/aromatic N) is 6. The molecule has 0 unspecified atom stereocenters. The number of amides is 1. The first-order chi connectivity index (χ1) is 15.3.